The number of carbonyl (C=O) groups is 2. The number of aliphatic carboxylic acids is 1. The average Bonchev–Trinajstić information content (AvgIpc) is 1.98. The van der Waals surface area contributed by atoms with Gasteiger partial charge < -0.3 is 20.3 Å². The van der Waals surface area contributed by atoms with Crippen LogP contribution in [0.15, 0.2) is 0 Å². The molecule has 6 heteroatoms. The number of carboxylic acid groups (broad SMARTS) is 1. The molecular weight excluding hydrogens is 214 g/mol. The van der Waals surface area contributed by atoms with Crippen LogP contribution >= 0.6 is 0 Å². The lowest BCUT2D eigenvalue weighted by Gasteiger charge is -2.23. The van der Waals surface area contributed by atoms with Crippen molar-refractivity contribution in [2.24, 2.45) is 0 Å². The van der Waals surface area contributed by atoms with Crippen LogP contribution in [0.25, 0.3) is 0 Å². The van der Waals surface area contributed by atoms with Gasteiger partial charge in [0.1, 0.15) is 5.60 Å². The maximum atomic E-state index is 11.3. The predicted octanol–water partition coefficient (Wildman–Crippen LogP) is 0.735. The lowest BCUT2D eigenvalue weighted by molar-refractivity contribution is -0.139. The van der Waals surface area contributed by atoms with Gasteiger partial charge in [0.15, 0.2) is 0 Å². The second kappa shape index (κ2) is 5.69. The molecule has 0 saturated heterocycles. The SMILES string of the molecule is CC(NC(=O)OC(C)(C)C)C(O)CC(=O)O. The molecule has 0 aliphatic rings. The van der Waals surface area contributed by atoms with E-state index in [1.165, 1.54) is 6.92 Å². The molecule has 0 fully saturated rings. The Balaban J connectivity index is 4.09. The van der Waals surface area contributed by atoms with Crippen molar-refractivity contribution in [2.75, 3.05) is 0 Å². The van der Waals surface area contributed by atoms with Crippen molar-refractivity contribution in [3.05, 3.63) is 0 Å². The quantitative estimate of drug-likeness (QED) is 0.665. The number of nitrogens with one attached hydrogen (secondary N) is 1. The van der Waals surface area contributed by atoms with E-state index < -0.39 is 36.2 Å². The molecule has 6 nitrogen and oxygen atoms in total. The second-order valence-electron chi connectivity index (χ2n) is 4.60. The number of aliphatic hydroxyl groups is 1. The van der Waals surface area contributed by atoms with Crippen LogP contribution in [0.3, 0.4) is 0 Å². The summed E-state index contributed by atoms with van der Waals surface area (Å²) in [7, 11) is 0. The van der Waals surface area contributed by atoms with Gasteiger partial charge in [-0.1, -0.05) is 0 Å². The van der Waals surface area contributed by atoms with E-state index in [1.54, 1.807) is 20.8 Å². The van der Waals surface area contributed by atoms with E-state index in [0.29, 0.717) is 0 Å². The summed E-state index contributed by atoms with van der Waals surface area (Å²) in [6.07, 6.45) is -2.23. The summed E-state index contributed by atoms with van der Waals surface area (Å²) in [4.78, 5) is 21.6. The molecule has 0 rings (SSSR count). The van der Waals surface area contributed by atoms with Crippen LogP contribution < -0.4 is 5.32 Å². The third-order valence-corrected chi connectivity index (χ3v) is 1.71. The van der Waals surface area contributed by atoms with Gasteiger partial charge in [0.25, 0.3) is 0 Å². The highest BCUT2D eigenvalue weighted by Gasteiger charge is 2.22. The Morgan fingerprint density at radius 2 is 1.88 bits per heavy atom. The third kappa shape index (κ3) is 7.05. The first kappa shape index (κ1) is 14.7. The predicted molar refractivity (Wildman–Crippen MR) is 57.1 cm³/mol. The van der Waals surface area contributed by atoms with E-state index in [1.807, 2.05) is 0 Å². The van der Waals surface area contributed by atoms with Gasteiger partial charge in [0, 0.05) is 0 Å². The third-order valence-electron chi connectivity index (χ3n) is 1.71. The van der Waals surface area contributed by atoms with E-state index in [0.717, 1.165) is 0 Å². The molecule has 0 aromatic rings. The summed E-state index contributed by atoms with van der Waals surface area (Å²) in [6, 6.07) is -0.675. The second-order valence-corrected chi connectivity index (χ2v) is 4.60. The van der Waals surface area contributed by atoms with Crippen molar-refractivity contribution < 1.29 is 24.5 Å². The Morgan fingerprint density at radius 3 is 2.25 bits per heavy atom. The van der Waals surface area contributed by atoms with Gasteiger partial charge in [0.05, 0.1) is 18.6 Å². The molecule has 16 heavy (non-hydrogen) atoms. The van der Waals surface area contributed by atoms with Crippen molar-refractivity contribution in [3.63, 3.8) is 0 Å². The standard InChI is InChI=1S/C10H19NO5/c1-6(7(12)5-8(13)14)11-9(15)16-10(2,3)4/h6-7,12H,5H2,1-4H3,(H,11,15)(H,13,14). The fourth-order valence-corrected chi connectivity index (χ4v) is 0.945. The van der Waals surface area contributed by atoms with Crippen LogP contribution in [0.4, 0.5) is 4.79 Å². The zero-order chi connectivity index (χ0) is 12.9. The smallest absolute Gasteiger partial charge is 0.407 e. The van der Waals surface area contributed by atoms with Gasteiger partial charge in [0.2, 0.25) is 0 Å². The number of amides is 1. The Kier molecular flexibility index (Phi) is 5.23. The molecule has 0 aromatic heterocycles. The minimum absolute atomic E-state index is 0.420. The highest BCUT2D eigenvalue weighted by atomic mass is 16.6. The summed E-state index contributed by atoms with van der Waals surface area (Å²) >= 11 is 0. The zero-order valence-electron chi connectivity index (χ0n) is 9.98. The molecular formula is C10H19NO5. The number of carboxylic acids is 1. The number of aliphatic hydroxyl groups excluding tert-OH is 1. The van der Waals surface area contributed by atoms with Gasteiger partial charge in [-0.05, 0) is 27.7 Å². The molecule has 3 N–H and O–H groups in total. The van der Waals surface area contributed by atoms with E-state index in [4.69, 9.17) is 9.84 Å². The van der Waals surface area contributed by atoms with Crippen molar-refractivity contribution in [3.8, 4) is 0 Å². The highest BCUT2D eigenvalue weighted by Crippen LogP contribution is 2.07. The molecule has 0 aromatic carbocycles. The normalized spacial score (nSPS) is 15.1. The number of hydrogen-bond acceptors (Lipinski definition) is 4. The molecule has 2 unspecified atom stereocenters. The number of ether oxygens (including phenoxy) is 1. The van der Waals surface area contributed by atoms with Gasteiger partial charge in [-0.15, -0.1) is 0 Å². The largest absolute Gasteiger partial charge is 0.481 e. The topological polar surface area (TPSA) is 95.9 Å². The van der Waals surface area contributed by atoms with Crippen molar-refractivity contribution in [2.45, 2.75) is 51.9 Å². The van der Waals surface area contributed by atoms with Crippen LogP contribution in [0.2, 0.25) is 0 Å². The van der Waals surface area contributed by atoms with Crippen LogP contribution in [-0.2, 0) is 9.53 Å². The minimum atomic E-state index is -1.13. The first-order chi connectivity index (χ1) is 7.11. The first-order valence-electron chi connectivity index (χ1n) is 5.01. The molecule has 0 spiro atoms. The fourth-order valence-electron chi connectivity index (χ4n) is 0.945. The number of rotatable bonds is 4. The Bertz CT molecular complexity index is 258. The molecule has 0 aliphatic heterocycles. The van der Waals surface area contributed by atoms with E-state index in [-0.39, 0.29) is 0 Å². The maximum Gasteiger partial charge on any atom is 0.407 e. The molecule has 0 saturated carbocycles. The number of alkyl carbamates (subject to hydrolysis) is 1. The summed E-state index contributed by atoms with van der Waals surface area (Å²) in [5, 5.41) is 20.2. The number of hydrogen-bond donors (Lipinski definition) is 3. The van der Waals surface area contributed by atoms with Crippen molar-refractivity contribution in [1.82, 2.24) is 5.32 Å². The Morgan fingerprint density at radius 1 is 1.38 bits per heavy atom. The summed E-state index contributed by atoms with van der Waals surface area (Å²) in [5.74, 6) is -1.12. The zero-order valence-corrected chi connectivity index (χ0v) is 9.98. The van der Waals surface area contributed by atoms with E-state index in [9.17, 15) is 14.7 Å². The molecule has 0 radical (unpaired) electrons. The molecule has 0 aliphatic carbocycles. The molecule has 1 amide bonds. The van der Waals surface area contributed by atoms with Crippen molar-refractivity contribution in [1.29, 1.82) is 0 Å². The van der Waals surface area contributed by atoms with E-state index in [2.05, 4.69) is 5.32 Å². The fraction of sp³-hybridized carbons (Fsp3) is 0.800. The van der Waals surface area contributed by atoms with Crippen LogP contribution in [0.5, 0.6) is 0 Å². The van der Waals surface area contributed by atoms with Gasteiger partial charge in [-0.2, -0.15) is 0 Å². The Labute approximate surface area is 94.6 Å². The van der Waals surface area contributed by atoms with Gasteiger partial charge >= 0.3 is 12.1 Å². The molecule has 94 valence electrons. The number of carbonyl (C=O) groups excluding carboxylic acids is 1. The van der Waals surface area contributed by atoms with E-state index >= 15 is 0 Å². The average molecular weight is 233 g/mol. The van der Waals surface area contributed by atoms with Crippen LogP contribution in [-0.4, -0.2) is 40.0 Å². The van der Waals surface area contributed by atoms with Gasteiger partial charge in [-0.25, -0.2) is 4.79 Å². The lowest BCUT2D eigenvalue weighted by Crippen LogP contribution is -2.44. The van der Waals surface area contributed by atoms with Gasteiger partial charge in [-0.3, -0.25) is 4.79 Å². The summed E-state index contributed by atoms with van der Waals surface area (Å²) in [5.41, 5.74) is -0.623. The maximum absolute atomic E-state index is 11.3. The molecule has 0 bridgehead atoms. The summed E-state index contributed by atoms with van der Waals surface area (Å²) < 4.78 is 4.95. The summed E-state index contributed by atoms with van der Waals surface area (Å²) in [6.45, 7) is 6.65. The minimum Gasteiger partial charge on any atom is -0.481 e. The lowest BCUT2D eigenvalue weighted by atomic mass is 10.1. The monoisotopic (exact) mass is 233 g/mol. The first-order valence-corrected chi connectivity index (χ1v) is 5.01. The molecule has 2 atom stereocenters. The van der Waals surface area contributed by atoms with Crippen LogP contribution in [0, 0.1) is 0 Å². The van der Waals surface area contributed by atoms with Crippen molar-refractivity contribution >= 4 is 12.1 Å². The van der Waals surface area contributed by atoms with Crippen LogP contribution in [0.1, 0.15) is 34.1 Å². The molecule has 0 heterocycles. The highest BCUT2D eigenvalue weighted by molar-refractivity contribution is 5.69. The Hall–Kier alpha value is -1.30.